The lowest BCUT2D eigenvalue weighted by molar-refractivity contribution is 0.615. The Labute approximate surface area is 161 Å². The summed E-state index contributed by atoms with van der Waals surface area (Å²) in [5, 5.41) is 7.77. The Bertz CT molecular complexity index is 453. The Morgan fingerprint density at radius 2 is 2.29 bits per heavy atom. The molecule has 1 aromatic heterocycles. The van der Waals surface area contributed by atoms with Gasteiger partial charge in [0.05, 0.1) is 3.79 Å². The average Bonchev–Trinajstić information content (AvgIpc) is 3.06. The maximum absolute atomic E-state index is 4.32. The largest absolute Gasteiger partial charge is 0.356 e. The number of thioether (sulfide) groups is 1. The van der Waals surface area contributed by atoms with Crippen molar-refractivity contribution in [3.05, 3.63) is 20.8 Å². The van der Waals surface area contributed by atoms with Crippen LogP contribution in [0.15, 0.2) is 20.9 Å². The molecule has 0 bridgehead atoms. The van der Waals surface area contributed by atoms with Crippen molar-refractivity contribution in [2.75, 3.05) is 19.8 Å². The highest BCUT2D eigenvalue weighted by molar-refractivity contribution is 14.0. The summed E-state index contributed by atoms with van der Waals surface area (Å²) in [6, 6.07) is 4.86. The molecule has 0 aromatic carbocycles. The van der Waals surface area contributed by atoms with E-state index >= 15 is 0 Å². The molecular weight excluding hydrogens is 481 g/mol. The van der Waals surface area contributed by atoms with Crippen molar-refractivity contribution in [2.24, 2.45) is 4.99 Å². The monoisotopic (exact) mass is 503 g/mol. The molecule has 3 nitrogen and oxygen atoms in total. The van der Waals surface area contributed by atoms with E-state index in [9.17, 15) is 0 Å². The van der Waals surface area contributed by atoms with E-state index in [0.717, 1.165) is 24.2 Å². The van der Waals surface area contributed by atoms with Crippen LogP contribution >= 0.6 is 63.0 Å². The first kappa shape index (κ1) is 19.6. The van der Waals surface area contributed by atoms with E-state index in [0.29, 0.717) is 6.04 Å². The summed E-state index contributed by atoms with van der Waals surface area (Å²) in [5.74, 6) is 0.937. The number of rotatable bonds is 5. The number of hydrogen-bond acceptors (Lipinski definition) is 3. The highest BCUT2D eigenvalue weighted by atomic mass is 127. The van der Waals surface area contributed by atoms with E-state index < -0.39 is 0 Å². The number of guanidine groups is 1. The lowest BCUT2D eigenvalue weighted by Crippen LogP contribution is -2.43. The minimum absolute atomic E-state index is 0. The van der Waals surface area contributed by atoms with Crippen molar-refractivity contribution in [3.8, 4) is 0 Å². The normalized spacial score (nSPS) is 22.0. The number of nitrogens with zero attached hydrogens (tertiary/aromatic N) is 1. The van der Waals surface area contributed by atoms with Crippen LogP contribution in [0.1, 0.15) is 24.1 Å². The third-order valence-electron chi connectivity index (χ3n) is 3.57. The van der Waals surface area contributed by atoms with Crippen LogP contribution in [0.4, 0.5) is 0 Å². The van der Waals surface area contributed by atoms with Crippen LogP contribution in [0.3, 0.4) is 0 Å². The average molecular weight is 504 g/mol. The smallest absolute Gasteiger partial charge is 0.191 e. The third kappa shape index (κ3) is 6.66. The van der Waals surface area contributed by atoms with Gasteiger partial charge in [-0.3, -0.25) is 4.99 Å². The quantitative estimate of drug-likeness (QED) is 0.360. The van der Waals surface area contributed by atoms with Gasteiger partial charge in [-0.1, -0.05) is 0 Å². The molecule has 0 aliphatic heterocycles. The molecule has 2 unspecified atom stereocenters. The summed E-state index contributed by atoms with van der Waals surface area (Å²) in [6.45, 7) is 0.922. The molecule has 2 atom stereocenters. The molecule has 1 aromatic rings. The molecule has 1 aliphatic carbocycles. The number of hydrogen-bond donors (Lipinski definition) is 2. The lowest BCUT2D eigenvalue weighted by atomic mass is 10.2. The van der Waals surface area contributed by atoms with Crippen LogP contribution in [-0.4, -0.2) is 37.1 Å². The lowest BCUT2D eigenvalue weighted by Gasteiger charge is -2.17. The molecule has 0 spiro atoms. The first-order valence-corrected chi connectivity index (χ1v) is 9.85. The number of nitrogens with one attached hydrogen (secondary N) is 2. The molecule has 1 fully saturated rings. The second-order valence-corrected chi connectivity index (χ2v) is 8.65. The van der Waals surface area contributed by atoms with E-state index in [1.807, 2.05) is 18.8 Å². The van der Waals surface area contributed by atoms with Crippen LogP contribution in [0.25, 0.3) is 0 Å². The fourth-order valence-corrected chi connectivity index (χ4v) is 4.74. The topological polar surface area (TPSA) is 36.4 Å². The highest BCUT2D eigenvalue weighted by Crippen LogP contribution is 2.28. The number of aliphatic imine (C=N–C) groups is 1. The van der Waals surface area contributed by atoms with E-state index in [-0.39, 0.29) is 24.0 Å². The Kier molecular flexibility index (Phi) is 9.63. The summed E-state index contributed by atoms with van der Waals surface area (Å²) in [7, 11) is 1.85. The van der Waals surface area contributed by atoms with Gasteiger partial charge in [0.15, 0.2) is 5.96 Å². The summed E-state index contributed by atoms with van der Waals surface area (Å²) < 4.78 is 1.20. The summed E-state index contributed by atoms with van der Waals surface area (Å²) in [4.78, 5) is 5.71. The summed E-state index contributed by atoms with van der Waals surface area (Å²) in [6.07, 6.45) is 7.07. The van der Waals surface area contributed by atoms with Gasteiger partial charge in [-0.15, -0.1) is 35.3 Å². The van der Waals surface area contributed by atoms with Gasteiger partial charge in [-0.25, -0.2) is 0 Å². The van der Waals surface area contributed by atoms with Gasteiger partial charge >= 0.3 is 0 Å². The highest BCUT2D eigenvalue weighted by Gasteiger charge is 2.24. The van der Waals surface area contributed by atoms with Gasteiger partial charge in [0, 0.05) is 29.8 Å². The van der Waals surface area contributed by atoms with E-state index in [1.54, 1.807) is 11.3 Å². The second-order valence-electron chi connectivity index (χ2n) is 4.97. The molecule has 1 aliphatic rings. The zero-order chi connectivity index (χ0) is 14.4. The number of thiophene rings is 1. The van der Waals surface area contributed by atoms with Crippen LogP contribution in [0.5, 0.6) is 0 Å². The summed E-state index contributed by atoms with van der Waals surface area (Å²) in [5.41, 5.74) is 0. The van der Waals surface area contributed by atoms with Gasteiger partial charge in [0.25, 0.3) is 0 Å². The first-order chi connectivity index (χ1) is 9.71. The van der Waals surface area contributed by atoms with Crippen molar-refractivity contribution < 1.29 is 0 Å². The maximum atomic E-state index is 4.32. The van der Waals surface area contributed by atoms with Crippen LogP contribution in [0, 0.1) is 0 Å². The third-order valence-corrected chi connectivity index (χ3v) is 6.35. The van der Waals surface area contributed by atoms with Crippen LogP contribution < -0.4 is 10.6 Å². The Hall–Kier alpha value is 0.530. The van der Waals surface area contributed by atoms with E-state index in [1.165, 1.54) is 27.9 Å². The standard InChI is InChI=1S/C14H22BrN3S2.HI/c1-16-14(18-10-3-4-12(9-10)19-2)17-8-7-11-5-6-13(15)20-11;/h5-6,10,12H,3-4,7-9H2,1-2H3,(H2,16,17,18);1H. The first-order valence-electron chi connectivity index (χ1n) is 6.95. The second kappa shape index (κ2) is 10.3. The fourth-order valence-electron chi connectivity index (χ4n) is 2.46. The SMILES string of the molecule is CN=C(NCCc1ccc(Br)s1)NC1CCC(SC)C1.I. The number of halogens is 2. The molecule has 21 heavy (non-hydrogen) atoms. The van der Waals surface area contributed by atoms with Crippen LogP contribution in [-0.2, 0) is 6.42 Å². The van der Waals surface area contributed by atoms with Gasteiger partial charge in [-0.05, 0) is 60.0 Å². The fraction of sp³-hybridized carbons (Fsp3) is 0.643. The van der Waals surface area contributed by atoms with E-state index in [4.69, 9.17) is 0 Å². The molecule has 7 heteroatoms. The van der Waals surface area contributed by atoms with Crippen molar-refractivity contribution in [1.82, 2.24) is 10.6 Å². The molecule has 1 heterocycles. The minimum atomic E-state index is 0. The minimum Gasteiger partial charge on any atom is -0.356 e. The predicted octanol–water partition coefficient (Wildman–Crippen LogP) is 4.12. The zero-order valence-corrected chi connectivity index (χ0v) is 17.9. The van der Waals surface area contributed by atoms with Gasteiger partial charge in [0.1, 0.15) is 0 Å². The van der Waals surface area contributed by atoms with Gasteiger partial charge in [-0.2, -0.15) is 11.8 Å². The molecular formula is C14H23BrIN3S2. The zero-order valence-electron chi connectivity index (χ0n) is 12.4. The molecule has 0 amide bonds. The molecule has 2 N–H and O–H groups in total. The maximum Gasteiger partial charge on any atom is 0.191 e. The van der Waals surface area contributed by atoms with Crippen LogP contribution in [0.2, 0.25) is 0 Å². The van der Waals surface area contributed by atoms with Crippen molar-refractivity contribution >= 4 is 69.0 Å². The van der Waals surface area contributed by atoms with Crippen molar-refractivity contribution in [1.29, 1.82) is 0 Å². The Balaban J connectivity index is 0.00000220. The molecule has 0 radical (unpaired) electrons. The van der Waals surface area contributed by atoms with Gasteiger partial charge < -0.3 is 10.6 Å². The molecule has 120 valence electrons. The summed E-state index contributed by atoms with van der Waals surface area (Å²) >= 11 is 7.28. The molecule has 1 saturated carbocycles. The van der Waals surface area contributed by atoms with E-state index in [2.05, 4.69) is 49.9 Å². The van der Waals surface area contributed by atoms with Crippen molar-refractivity contribution in [3.63, 3.8) is 0 Å². The molecule has 0 saturated heterocycles. The predicted molar refractivity (Wildman–Crippen MR) is 111 cm³/mol. The Morgan fingerprint density at radius 3 is 2.86 bits per heavy atom. The Morgan fingerprint density at radius 1 is 1.48 bits per heavy atom. The van der Waals surface area contributed by atoms with Crippen molar-refractivity contribution in [2.45, 2.75) is 37.0 Å². The molecule has 2 rings (SSSR count). The van der Waals surface area contributed by atoms with Gasteiger partial charge in [0.2, 0.25) is 0 Å².